The first-order chi connectivity index (χ1) is 12.9. The Morgan fingerprint density at radius 3 is 2.30 bits per heavy atom. The maximum absolute atomic E-state index is 13.1. The maximum Gasteiger partial charge on any atom is 0.123 e. The molecule has 146 valence electrons. The molecule has 0 aliphatic rings. The highest BCUT2D eigenvalue weighted by Gasteiger charge is 2.09. The van der Waals surface area contributed by atoms with Crippen LogP contribution in [-0.4, -0.2) is 4.98 Å². The highest BCUT2D eigenvalue weighted by Crippen LogP contribution is 2.26. The smallest absolute Gasteiger partial charge is 0.123 e. The molecule has 2 aromatic carbocycles. The molecule has 0 bridgehead atoms. The molecule has 0 radical (unpaired) electrons. The molecule has 3 aromatic rings. The molecule has 3 rings (SSSR count). The van der Waals surface area contributed by atoms with Gasteiger partial charge in [0.05, 0.1) is 0 Å². The summed E-state index contributed by atoms with van der Waals surface area (Å²) in [6, 6.07) is 14.9. The van der Waals surface area contributed by atoms with Crippen molar-refractivity contribution in [1.82, 2.24) is 4.98 Å². The number of aromatic amines is 1. The summed E-state index contributed by atoms with van der Waals surface area (Å²) in [6.07, 6.45) is 4.80. The van der Waals surface area contributed by atoms with Crippen molar-refractivity contribution in [3.63, 3.8) is 0 Å². The van der Waals surface area contributed by atoms with Gasteiger partial charge < -0.3 is 4.98 Å². The predicted molar refractivity (Wildman–Crippen MR) is 116 cm³/mol. The summed E-state index contributed by atoms with van der Waals surface area (Å²) in [5, 5.41) is 1.79. The summed E-state index contributed by atoms with van der Waals surface area (Å²) < 4.78 is 13.1. The van der Waals surface area contributed by atoms with E-state index in [1.165, 1.54) is 36.6 Å². The average molecular weight is 388 g/mol. The third kappa shape index (κ3) is 7.03. The normalized spacial score (nSPS) is 12.1. The fourth-order valence-corrected chi connectivity index (χ4v) is 3.23. The summed E-state index contributed by atoms with van der Waals surface area (Å²) in [5.74, 6) is 1.12. The molecule has 27 heavy (non-hydrogen) atoms. The minimum atomic E-state index is -0.166. The molecule has 0 aliphatic carbocycles. The largest absolute Gasteiger partial charge is 0.358 e. The zero-order valence-electron chi connectivity index (χ0n) is 16.9. The number of rotatable bonds is 6. The first kappa shape index (κ1) is 21.5. The Balaban J connectivity index is 0.000000244. The Kier molecular flexibility index (Phi) is 8.37. The van der Waals surface area contributed by atoms with Crippen LogP contribution in [0, 0.1) is 11.7 Å². The molecule has 1 nitrogen and oxygen atoms in total. The van der Waals surface area contributed by atoms with Gasteiger partial charge in [-0.25, -0.2) is 4.39 Å². The number of aryl methyl sites for hydroxylation is 1. The number of H-pyrrole nitrogens is 1. The molecule has 1 unspecified atom stereocenters. The number of hydrogen-bond acceptors (Lipinski definition) is 0. The van der Waals surface area contributed by atoms with E-state index >= 15 is 0 Å². The van der Waals surface area contributed by atoms with Crippen molar-refractivity contribution in [1.29, 1.82) is 0 Å². The SMILES string of the molecule is CC(C)CCCC(C)c1cc2cc(F)ccc2[nH]1.CCc1ccc(Cl)cc1. The molecular weight excluding hydrogens is 357 g/mol. The molecule has 0 saturated carbocycles. The Labute approximate surface area is 168 Å². The Bertz CT molecular complexity index is 820. The number of hydrogen-bond donors (Lipinski definition) is 1. The van der Waals surface area contributed by atoms with E-state index in [4.69, 9.17) is 11.6 Å². The van der Waals surface area contributed by atoms with Gasteiger partial charge in [-0.05, 0) is 66.6 Å². The number of aromatic nitrogens is 1. The van der Waals surface area contributed by atoms with Gasteiger partial charge in [-0.2, -0.15) is 0 Å². The van der Waals surface area contributed by atoms with Gasteiger partial charge >= 0.3 is 0 Å². The average Bonchev–Trinajstić information content (AvgIpc) is 3.06. The van der Waals surface area contributed by atoms with Crippen LogP contribution in [-0.2, 0) is 6.42 Å². The van der Waals surface area contributed by atoms with Gasteiger partial charge in [-0.1, -0.05) is 64.3 Å². The fraction of sp³-hybridized carbons (Fsp3) is 0.417. The predicted octanol–water partition coefficient (Wildman–Crippen LogP) is 8.14. The van der Waals surface area contributed by atoms with Crippen molar-refractivity contribution < 1.29 is 4.39 Å². The van der Waals surface area contributed by atoms with E-state index in [1.807, 2.05) is 30.3 Å². The molecule has 0 amide bonds. The van der Waals surface area contributed by atoms with Crippen LogP contribution in [0.5, 0.6) is 0 Å². The standard InChI is InChI=1S/C16H22FN.C8H9Cl/c1-11(2)5-4-6-12(3)16-10-13-9-14(17)7-8-15(13)18-16;1-2-7-3-5-8(9)6-4-7/h7-12,18H,4-6H2,1-3H3;3-6H,2H2,1H3. The van der Waals surface area contributed by atoms with E-state index in [0.717, 1.165) is 28.3 Å². The Morgan fingerprint density at radius 2 is 1.67 bits per heavy atom. The second kappa shape index (κ2) is 10.5. The van der Waals surface area contributed by atoms with Crippen LogP contribution in [0.25, 0.3) is 10.9 Å². The van der Waals surface area contributed by atoms with Gasteiger partial charge in [0.2, 0.25) is 0 Å². The van der Waals surface area contributed by atoms with Gasteiger partial charge in [0, 0.05) is 21.6 Å². The fourth-order valence-electron chi connectivity index (χ4n) is 3.10. The van der Waals surface area contributed by atoms with Crippen LogP contribution in [0.2, 0.25) is 5.02 Å². The zero-order chi connectivity index (χ0) is 19.8. The van der Waals surface area contributed by atoms with E-state index in [2.05, 4.69) is 38.7 Å². The maximum atomic E-state index is 13.1. The van der Waals surface area contributed by atoms with E-state index in [1.54, 1.807) is 6.07 Å². The van der Waals surface area contributed by atoms with Crippen molar-refractivity contribution >= 4 is 22.5 Å². The molecule has 1 heterocycles. The van der Waals surface area contributed by atoms with Crippen LogP contribution in [0.15, 0.2) is 48.5 Å². The lowest BCUT2D eigenvalue weighted by molar-refractivity contribution is 0.510. The number of nitrogens with one attached hydrogen (secondary N) is 1. The first-order valence-electron chi connectivity index (χ1n) is 9.91. The van der Waals surface area contributed by atoms with E-state index in [-0.39, 0.29) is 5.82 Å². The van der Waals surface area contributed by atoms with E-state index in [9.17, 15) is 4.39 Å². The minimum absolute atomic E-state index is 0.166. The summed E-state index contributed by atoms with van der Waals surface area (Å²) in [5.41, 5.74) is 3.58. The molecule has 0 aliphatic heterocycles. The highest BCUT2D eigenvalue weighted by molar-refractivity contribution is 6.30. The Hall–Kier alpha value is -1.80. The van der Waals surface area contributed by atoms with Crippen molar-refractivity contribution in [2.45, 2.75) is 59.3 Å². The lowest BCUT2D eigenvalue weighted by Crippen LogP contribution is -1.95. The van der Waals surface area contributed by atoms with Crippen LogP contribution >= 0.6 is 11.6 Å². The van der Waals surface area contributed by atoms with Crippen molar-refractivity contribution in [3.05, 3.63) is 70.6 Å². The summed E-state index contributed by atoms with van der Waals surface area (Å²) in [4.78, 5) is 3.39. The van der Waals surface area contributed by atoms with Gasteiger partial charge in [0.1, 0.15) is 5.82 Å². The van der Waals surface area contributed by atoms with Crippen LogP contribution in [0.4, 0.5) is 4.39 Å². The first-order valence-corrected chi connectivity index (χ1v) is 10.3. The summed E-state index contributed by atoms with van der Waals surface area (Å²) in [7, 11) is 0. The van der Waals surface area contributed by atoms with Crippen molar-refractivity contribution in [2.24, 2.45) is 5.92 Å². The van der Waals surface area contributed by atoms with Gasteiger partial charge in [-0.15, -0.1) is 0 Å². The van der Waals surface area contributed by atoms with Crippen molar-refractivity contribution in [2.75, 3.05) is 0 Å². The molecule has 3 heteroatoms. The minimum Gasteiger partial charge on any atom is -0.358 e. The van der Waals surface area contributed by atoms with Gasteiger partial charge in [0.15, 0.2) is 0 Å². The van der Waals surface area contributed by atoms with E-state index in [0.29, 0.717) is 5.92 Å². The second-order valence-corrected chi connectivity index (χ2v) is 8.10. The van der Waals surface area contributed by atoms with E-state index < -0.39 is 0 Å². The van der Waals surface area contributed by atoms with Crippen molar-refractivity contribution in [3.8, 4) is 0 Å². The highest BCUT2D eigenvalue weighted by atomic mass is 35.5. The number of halogens is 2. The molecular formula is C24H31ClFN. The van der Waals surface area contributed by atoms with Gasteiger partial charge in [-0.3, -0.25) is 0 Å². The third-order valence-corrected chi connectivity index (χ3v) is 5.13. The number of benzene rings is 2. The molecule has 1 aromatic heterocycles. The monoisotopic (exact) mass is 387 g/mol. The topological polar surface area (TPSA) is 15.8 Å². The third-order valence-electron chi connectivity index (χ3n) is 4.87. The lowest BCUT2D eigenvalue weighted by atomic mass is 9.97. The lowest BCUT2D eigenvalue weighted by Gasteiger charge is -2.10. The zero-order valence-corrected chi connectivity index (χ0v) is 17.6. The molecule has 1 N–H and O–H groups in total. The van der Waals surface area contributed by atoms with Crippen LogP contribution < -0.4 is 0 Å². The quantitative estimate of drug-likeness (QED) is 0.439. The molecule has 0 spiro atoms. The molecule has 0 fully saturated rings. The Morgan fingerprint density at radius 1 is 0.963 bits per heavy atom. The molecule has 0 saturated heterocycles. The summed E-state index contributed by atoms with van der Waals surface area (Å²) >= 11 is 5.67. The van der Waals surface area contributed by atoms with Crippen LogP contribution in [0.3, 0.4) is 0 Å². The number of fused-ring (bicyclic) bond motifs is 1. The van der Waals surface area contributed by atoms with Crippen LogP contribution in [0.1, 0.15) is 64.1 Å². The second-order valence-electron chi connectivity index (χ2n) is 7.66. The van der Waals surface area contributed by atoms with Gasteiger partial charge in [0.25, 0.3) is 0 Å². The summed E-state index contributed by atoms with van der Waals surface area (Å²) in [6.45, 7) is 8.89. The molecule has 1 atom stereocenters.